The average Bonchev–Trinajstić information content (AvgIpc) is 3.11. The Labute approximate surface area is 187 Å². The van der Waals surface area contributed by atoms with E-state index in [1.165, 1.54) is 0 Å². The van der Waals surface area contributed by atoms with Gasteiger partial charge in [0.1, 0.15) is 12.6 Å². The number of benzene rings is 2. The summed E-state index contributed by atoms with van der Waals surface area (Å²) in [5.41, 5.74) is 4.59. The molecule has 1 saturated heterocycles. The van der Waals surface area contributed by atoms with E-state index in [-0.39, 0.29) is 30.8 Å². The number of aliphatic carboxylic acids is 1. The Bertz CT molecular complexity index is 967. The molecule has 1 atom stereocenters. The van der Waals surface area contributed by atoms with Crippen molar-refractivity contribution in [3.63, 3.8) is 0 Å². The van der Waals surface area contributed by atoms with Gasteiger partial charge in [0.15, 0.2) is 0 Å². The minimum atomic E-state index is -0.805. The van der Waals surface area contributed by atoms with Crippen LogP contribution in [0.3, 0.4) is 0 Å². The minimum absolute atomic E-state index is 0.0348. The highest BCUT2D eigenvalue weighted by atomic mass is 16.5. The molecular formula is C25H28N2O5. The number of hydrogen-bond donors (Lipinski definition) is 2. The van der Waals surface area contributed by atoms with Crippen molar-refractivity contribution in [2.24, 2.45) is 5.92 Å². The van der Waals surface area contributed by atoms with Crippen molar-refractivity contribution in [2.45, 2.75) is 38.1 Å². The van der Waals surface area contributed by atoms with Crippen molar-refractivity contribution in [1.29, 1.82) is 0 Å². The fourth-order valence-electron chi connectivity index (χ4n) is 4.76. The van der Waals surface area contributed by atoms with Gasteiger partial charge in [0, 0.05) is 25.4 Å². The van der Waals surface area contributed by atoms with E-state index in [1.807, 2.05) is 24.3 Å². The number of alkyl carbamates (subject to hydrolysis) is 1. The molecule has 1 fully saturated rings. The summed E-state index contributed by atoms with van der Waals surface area (Å²) in [6.45, 7) is 2.86. The monoisotopic (exact) mass is 436 g/mol. The topological polar surface area (TPSA) is 95.9 Å². The highest BCUT2D eigenvalue weighted by Crippen LogP contribution is 2.44. The van der Waals surface area contributed by atoms with E-state index in [0.717, 1.165) is 22.3 Å². The lowest BCUT2D eigenvalue weighted by Crippen LogP contribution is -2.49. The largest absolute Gasteiger partial charge is 0.481 e. The first-order chi connectivity index (χ1) is 15.4. The summed E-state index contributed by atoms with van der Waals surface area (Å²) >= 11 is 0. The van der Waals surface area contributed by atoms with Crippen molar-refractivity contribution >= 4 is 18.0 Å². The molecule has 2 aromatic rings. The van der Waals surface area contributed by atoms with E-state index in [2.05, 4.69) is 29.6 Å². The third-order valence-corrected chi connectivity index (χ3v) is 6.44. The van der Waals surface area contributed by atoms with Crippen LogP contribution < -0.4 is 5.32 Å². The summed E-state index contributed by atoms with van der Waals surface area (Å²) in [5, 5.41) is 11.6. The van der Waals surface area contributed by atoms with Crippen LogP contribution in [0.2, 0.25) is 0 Å². The molecule has 0 aromatic heterocycles. The number of rotatable bonds is 6. The van der Waals surface area contributed by atoms with Crippen molar-refractivity contribution in [2.75, 3.05) is 19.7 Å². The molecule has 1 heterocycles. The van der Waals surface area contributed by atoms with Gasteiger partial charge < -0.3 is 20.1 Å². The molecule has 2 N–H and O–H groups in total. The zero-order valence-corrected chi connectivity index (χ0v) is 18.1. The smallest absolute Gasteiger partial charge is 0.407 e. The van der Waals surface area contributed by atoms with Gasteiger partial charge in [-0.15, -0.1) is 0 Å². The van der Waals surface area contributed by atoms with E-state index >= 15 is 0 Å². The van der Waals surface area contributed by atoms with E-state index in [1.54, 1.807) is 11.8 Å². The summed E-state index contributed by atoms with van der Waals surface area (Å²) < 4.78 is 5.52. The van der Waals surface area contributed by atoms with Gasteiger partial charge in [0.05, 0.1) is 0 Å². The molecule has 2 aromatic carbocycles. The normalized spacial score (nSPS) is 16.7. The second-order valence-corrected chi connectivity index (χ2v) is 8.56. The number of likely N-dealkylation sites (tertiary alicyclic amines) is 1. The van der Waals surface area contributed by atoms with Gasteiger partial charge in [0.25, 0.3) is 0 Å². The van der Waals surface area contributed by atoms with Crippen LogP contribution in [-0.4, -0.2) is 53.7 Å². The van der Waals surface area contributed by atoms with Crippen molar-refractivity contribution in [3.05, 3.63) is 59.7 Å². The standard InChI is InChI=1S/C25H28N2O5/c1-16(24(30)27-12-10-17(11-13-27)14-23(28)29)26-25(31)32-15-22-20-8-4-2-6-18(20)19-7-3-5-9-21(19)22/h2-9,16-17,22H,10-15H2,1H3,(H,26,31)(H,28,29)/t16-/m0/s1. The Balaban J connectivity index is 1.30. The molecule has 0 unspecified atom stereocenters. The molecule has 7 nitrogen and oxygen atoms in total. The second kappa shape index (κ2) is 9.42. The molecule has 32 heavy (non-hydrogen) atoms. The van der Waals surface area contributed by atoms with Gasteiger partial charge in [-0.2, -0.15) is 0 Å². The first-order valence-corrected chi connectivity index (χ1v) is 11.1. The molecule has 168 valence electrons. The molecule has 1 aliphatic carbocycles. The quantitative estimate of drug-likeness (QED) is 0.721. The van der Waals surface area contributed by atoms with E-state index in [0.29, 0.717) is 25.9 Å². The zero-order chi connectivity index (χ0) is 22.7. The van der Waals surface area contributed by atoms with Gasteiger partial charge in [-0.25, -0.2) is 4.79 Å². The van der Waals surface area contributed by atoms with E-state index < -0.39 is 18.1 Å². The van der Waals surface area contributed by atoms with Crippen LogP contribution in [-0.2, 0) is 14.3 Å². The highest BCUT2D eigenvalue weighted by Gasteiger charge is 2.30. The lowest BCUT2D eigenvalue weighted by molar-refractivity contribution is -0.139. The fourth-order valence-corrected chi connectivity index (χ4v) is 4.76. The van der Waals surface area contributed by atoms with Crippen LogP contribution in [0.25, 0.3) is 11.1 Å². The number of nitrogens with one attached hydrogen (secondary N) is 1. The molecule has 4 rings (SSSR count). The molecule has 2 aliphatic rings. The molecule has 0 saturated carbocycles. The first kappa shape index (κ1) is 21.9. The van der Waals surface area contributed by atoms with Gasteiger partial charge in [-0.05, 0) is 47.9 Å². The summed E-state index contributed by atoms with van der Waals surface area (Å²) in [6.07, 6.45) is 0.842. The van der Waals surface area contributed by atoms with Crippen molar-refractivity contribution in [1.82, 2.24) is 10.2 Å². The van der Waals surface area contributed by atoms with Crippen LogP contribution in [0.15, 0.2) is 48.5 Å². The SMILES string of the molecule is C[C@H](NC(=O)OCC1c2ccccc2-c2ccccc21)C(=O)N1CCC(CC(=O)O)CC1. The number of amides is 2. The Hall–Kier alpha value is -3.35. The number of carboxylic acid groups (broad SMARTS) is 1. The minimum Gasteiger partial charge on any atom is -0.481 e. The van der Waals surface area contributed by atoms with Crippen molar-refractivity contribution in [3.8, 4) is 11.1 Å². The number of piperidine rings is 1. The van der Waals surface area contributed by atoms with E-state index in [4.69, 9.17) is 9.84 Å². The maximum atomic E-state index is 12.7. The van der Waals surface area contributed by atoms with Crippen LogP contribution in [0, 0.1) is 5.92 Å². The molecule has 0 radical (unpaired) electrons. The Morgan fingerprint density at radius 3 is 2.16 bits per heavy atom. The first-order valence-electron chi connectivity index (χ1n) is 11.1. The van der Waals surface area contributed by atoms with Gasteiger partial charge >= 0.3 is 12.1 Å². The lowest BCUT2D eigenvalue weighted by atomic mass is 9.93. The van der Waals surface area contributed by atoms with Gasteiger partial charge in [0.2, 0.25) is 5.91 Å². The maximum Gasteiger partial charge on any atom is 0.407 e. The number of carboxylic acids is 1. The molecule has 1 aliphatic heterocycles. The van der Waals surface area contributed by atoms with E-state index in [9.17, 15) is 14.4 Å². The van der Waals surface area contributed by atoms with Crippen LogP contribution in [0.5, 0.6) is 0 Å². The highest BCUT2D eigenvalue weighted by molar-refractivity contribution is 5.85. The van der Waals surface area contributed by atoms with Gasteiger partial charge in [-0.3, -0.25) is 9.59 Å². The summed E-state index contributed by atoms with van der Waals surface area (Å²) in [7, 11) is 0. The zero-order valence-electron chi connectivity index (χ0n) is 18.1. The third-order valence-electron chi connectivity index (χ3n) is 6.44. The Kier molecular flexibility index (Phi) is 6.44. The molecular weight excluding hydrogens is 408 g/mol. The summed E-state index contributed by atoms with van der Waals surface area (Å²) in [5.74, 6) is -0.915. The number of fused-ring (bicyclic) bond motifs is 3. The predicted octanol–water partition coefficient (Wildman–Crippen LogP) is 3.63. The number of ether oxygens (including phenoxy) is 1. The molecule has 2 amide bonds. The molecule has 0 spiro atoms. The van der Waals surface area contributed by atoms with Crippen LogP contribution >= 0.6 is 0 Å². The number of nitrogens with zero attached hydrogens (tertiary/aromatic N) is 1. The molecule has 7 heteroatoms. The third kappa shape index (κ3) is 4.61. The van der Waals surface area contributed by atoms with Crippen molar-refractivity contribution < 1.29 is 24.2 Å². The Morgan fingerprint density at radius 1 is 1.03 bits per heavy atom. The maximum absolute atomic E-state index is 12.7. The van der Waals surface area contributed by atoms with Crippen LogP contribution in [0.4, 0.5) is 4.79 Å². The van der Waals surface area contributed by atoms with Crippen LogP contribution in [0.1, 0.15) is 43.2 Å². The van der Waals surface area contributed by atoms with Gasteiger partial charge in [-0.1, -0.05) is 48.5 Å². The fraction of sp³-hybridized carbons (Fsp3) is 0.400. The predicted molar refractivity (Wildman–Crippen MR) is 119 cm³/mol. The number of carbonyl (C=O) groups excluding carboxylic acids is 2. The summed E-state index contributed by atoms with van der Waals surface area (Å²) in [6, 6.07) is 15.5. The number of hydrogen-bond acceptors (Lipinski definition) is 4. The second-order valence-electron chi connectivity index (χ2n) is 8.56. The summed E-state index contributed by atoms with van der Waals surface area (Å²) in [4.78, 5) is 37.7. The lowest BCUT2D eigenvalue weighted by Gasteiger charge is -2.33. The Morgan fingerprint density at radius 2 is 1.59 bits per heavy atom. The molecule has 0 bridgehead atoms. The number of carbonyl (C=O) groups is 3. The average molecular weight is 437 g/mol.